The molecule has 27 heavy (non-hydrogen) atoms. The second-order valence-electron chi connectivity index (χ2n) is 5.39. The van der Waals surface area contributed by atoms with Crippen molar-refractivity contribution in [3.63, 3.8) is 0 Å². The summed E-state index contributed by atoms with van der Waals surface area (Å²) in [6, 6.07) is 6.32. The van der Waals surface area contributed by atoms with E-state index in [4.69, 9.17) is 23.7 Å². The molecule has 1 aliphatic heterocycles. The molecule has 0 saturated carbocycles. The van der Waals surface area contributed by atoms with E-state index in [9.17, 15) is 14.4 Å². The molecule has 9 nitrogen and oxygen atoms in total. The fourth-order valence-corrected chi connectivity index (χ4v) is 2.43. The SMILES string of the molecule is COCCOC(=O)c1ccc(N2COCC(C(=O)OC)=C2C(=O)OC)cc1. The molecule has 0 saturated heterocycles. The maximum Gasteiger partial charge on any atom is 0.355 e. The first-order chi connectivity index (χ1) is 13.0. The van der Waals surface area contributed by atoms with Gasteiger partial charge < -0.3 is 28.6 Å². The molecule has 0 aliphatic carbocycles. The number of rotatable bonds is 7. The van der Waals surface area contributed by atoms with Gasteiger partial charge in [0.15, 0.2) is 0 Å². The Balaban J connectivity index is 2.28. The normalized spacial score (nSPS) is 14.0. The van der Waals surface area contributed by atoms with Crippen molar-refractivity contribution in [2.75, 3.05) is 52.8 Å². The number of methoxy groups -OCH3 is 3. The van der Waals surface area contributed by atoms with Gasteiger partial charge in [0.05, 0.1) is 38.6 Å². The lowest BCUT2D eigenvalue weighted by Gasteiger charge is -2.31. The van der Waals surface area contributed by atoms with E-state index in [0.717, 1.165) is 0 Å². The van der Waals surface area contributed by atoms with Gasteiger partial charge in [-0.3, -0.25) is 0 Å². The largest absolute Gasteiger partial charge is 0.466 e. The third-order valence-corrected chi connectivity index (χ3v) is 3.77. The molecule has 0 fully saturated rings. The summed E-state index contributed by atoms with van der Waals surface area (Å²) in [5, 5.41) is 0. The van der Waals surface area contributed by atoms with Crippen LogP contribution >= 0.6 is 0 Å². The molecule has 2 rings (SSSR count). The maximum absolute atomic E-state index is 12.2. The van der Waals surface area contributed by atoms with Crippen molar-refractivity contribution in [3.8, 4) is 0 Å². The van der Waals surface area contributed by atoms with Crippen LogP contribution in [0.1, 0.15) is 10.4 Å². The van der Waals surface area contributed by atoms with Crippen LogP contribution in [0.5, 0.6) is 0 Å². The molecule has 1 aromatic carbocycles. The molecule has 0 bridgehead atoms. The fraction of sp³-hybridized carbons (Fsp3) is 0.389. The lowest BCUT2D eigenvalue weighted by Crippen LogP contribution is -2.38. The molecule has 146 valence electrons. The Kier molecular flexibility index (Phi) is 7.33. The van der Waals surface area contributed by atoms with Gasteiger partial charge in [0.2, 0.25) is 0 Å². The molecule has 9 heteroatoms. The molecule has 0 atom stereocenters. The summed E-state index contributed by atoms with van der Waals surface area (Å²) in [5.74, 6) is -1.87. The molecule has 0 radical (unpaired) electrons. The second kappa shape index (κ2) is 9.70. The molecular formula is C18H21NO8. The van der Waals surface area contributed by atoms with E-state index in [-0.39, 0.29) is 31.2 Å². The number of hydrogen-bond donors (Lipinski definition) is 0. The Morgan fingerprint density at radius 3 is 2.22 bits per heavy atom. The van der Waals surface area contributed by atoms with Crippen LogP contribution < -0.4 is 4.90 Å². The van der Waals surface area contributed by atoms with Crippen LogP contribution in [0.25, 0.3) is 0 Å². The van der Waals surface area contributed by atoms with Gasteiger partial charge in [-0.25, -0.2) is 14.4 Å². The molecule has 1 heterocycles. The highest BCUT2D eigenvalue weighted by molar-refractivity contribution is 6.03. The molecule has 0 N–H and O–H groups in total. The zero-order chi connectivity index (χ0) is 19.8. The van der Waals surface area contributed by atoms with Crippen molar-refractivity contribution in [2.45, 2.75) is 0 Å². The molecular weight excluding hydrogens is 358 g/mol. The third kappa shape index (κ3) is 4.83. The molecule has 1 aliphatic rings. The molecule has 0 aromatic heterocycles. The Hall–Kier alpha value is -2.91. The number of nitrogens with zero attached hydrogens (tertiary/aromatic N) is 1. The first kappa shape index (κ1) is 20.4. The van der Waals surface area contributed by atoms with Gasteiger partial charge in [-0.2, -0.15) is 0 Å². The first-order valence-electron chi connectivity index (χ1n) is 8.04. The summed E-state index contributed by atoms with van der Waals surface area (Å²) in [5.41, 5.74) is 0.958. The zero-order valence-corrected chi connectivity index (χ0v) is 15.4. The minimum atomic E-state index is -0.693. The summed E-state index contributed by atoms with van der Waals surface area (Å²) < 4.78 is 24.8. The van der Waals surface area contributed by atoms with Crippen LogP contribution in [-0.4, -0.2) is 65.8 Å². The summed E-state index contributed by atoms with van der Waals surface area (Å²) in [6.07, 6.45) is 0. The first-order valence-corrected chi connectivity index (χ1v) is 8.04. The molecule has 0 amide bonds. The number of ether oxygens (including phenoxy) is 5. The van der Waals surface area contributed by atoms with Gasteiger partial charge in [0.25, 0.3) is 0 Å². The van der Waals surface area contributed by atoms with E-state index in [2.05, 4.69) is 0 Å². The molecule has 1 aromatic rings. The fourth-order valence-electron chi connectivity index (χ4n) is 2.43. The van der Waals surface area contributed by atoms with Gasteiger partial charge >= 0.3 is 17.9 Å². The predicted octanol–water partition coefficient (Wildman–Crippen LogP) is 0.884. The summed E-state index contributed by atoms with van der Waals surface area (Å²) in [4.78, 5) is 37.6. The number of esters is 3. The quantitative estimate of drug-likeness (QED) is 0.388. The van der Waals surface area contributed by atoms with E-state index in [1.807, 2.05) is 0 Å². The number of hydrogen-bond acceptors (Lipinski definition) is 9. The van der Waals surface area contributed by atoms with Crippen LogP contribution in [-0.2, 0) is 33.3 Å². The number of carbonyl (C=O) groups is 3. The summed E-state index contributed by atoms with van der Waals surface area (Å²) >= 11 is 0. The monoisotopic (exact) mass is 379 g/mol. The van der Waals surface area contributed by atoms with Gasteiger partial charge in [-0.1, -0.05) is 0 Å². The number of carbonyl (C=O) groups excluding carboxylic acids is 3. The van der Waals surface area contributed by atoms with Crippen LogP contribution in [0, 0.1) is 0 Å². The lowest BCUT2D eigenvalue weighted by atomic mass is 10.1. The van der Waals surface area contributed by atoms with Crippen molar-refractivity contribution in [1.29, 1.82) is 0 Å². The second-order valence-corrected chi connectivity index (χ2v) is 5.39. The highest BCUT2D eigenvalue weighted by Gasteiger charge is 2.32. The van der Waals surface area contributed by atoms with Crippen LogP contribution in [0.4, 0.5) is 5.69 Å². The van der Waals surface area contributed by atoms with E-state index in [1.54, 1.807) is 24.3 Å². The Labute approximate surface area is 156 Å². The maximum atomic E-state index is 12.2. The number of anilines is 1. The Bertz CT molecular complexity index is 725. The van der Waals surface area contributed by atoms with Gasteiger partial charge in [0.1, 0.15) is 19.0 Å². The van der Waals surface area contributed by atoms with Crippen molar-refractivity contribution in [1.82, 2.24) is 0 Å². The topological polar surface area (TPSA) is 101 Å². The summed E-state index contributed by atoms with van der Waals surface area (Å²) in [6.45, 7) is 0.410. The standard InChI is InChI=1S/C18H21NO8/c1-23-8-9-27-16(20)12-4-6-13(7-5-12)19-11-26-10-14(17(21)24-2)15(19)18(22)25-3/h4-7H,8-11H2,1-3H3. The highest BCUT2D eigenvalue weighted by atomic mass is 16.6. The number of benzene rings is 1. The van der Waals surface area contributed by atoms with Crippen molar-refractivity contribution in [2.24, 2.45) is 0 Å². The van der Waals surface area contributed by atoms with Crippen LogP contribution in [0.2, 0.25) is 0 Å². The average Bonchev–Trinajstić information content (AvgIpc) is 2.72. The van der Waals surface area contributed by atoms with Crippen molar-refractivity contribution in [3.05, 3.63) is 41.1 Å². The lowest BCUT2D eigenvalue weighted by molar-refractivity contribution is -0.140. The Morgan fingerprint density at radius 1 is 0.963 bits per heavy atom. The summed E-state index contributed by atoms with van der Waals surface area (Å²) in [7, 11) is 3.95. The smallest absolute Gasteiger partial charge is 0.355 e. The third-order valence-electron chi connectivity index (χ3n) is 3.77. The van der Waals surface area contributed by atoms with Gasteiger partial charge in [0, 0.05) is 12.8 Å². The van der Waals surface area contributed by atoms with E-state index in [0.29, 0.717) is 17.9 Å². The highest BCUT2D eigenvalue weighted by Crippen LogP contribution is 2.27. The van der Waals surface area contributed by atoms with Gasteiger partial charge in [-0.15, -0.1) is 0 Å². The van der Waals surface area contributed by atoms with E-state index < -0.39 is 17.9 Å². The van der Waals surface area contributed by atoms with Crippen molar-refractivity contribution >= 4 is 23.6 Å². The van der Waals surface area contributed by atoms with Gasteiger partial charge in [-0.05, 0) is 24.3 Å². The molecule has 0 unspecified atom stereocenters. The average molecular weight is 379 g/mol. The Morgan fingerprint density at radius 2 is 1.63 bits per heavy atom. The minimum absolute atomic E-state index is 0.0303. The van der Waals surface area contributed by atoms with Crippen LogP contribution in [0.3, 0.4) is 0 Å². The van der Waals surface area contributed by atoms with Crippen molar-refractivity contribution < 1.29 is 38.1 Å². The van der Waals surface area contributed by atoms with Crippen LogP contribution in [0.15, 0.2) is 35.5 Å². The minimum Gasteiger partial charge on any atom is -0.466 e. The van der Waals surface area contributed by atoms with E-state index >= 15 is 0 Å². The van der Waals surface area contributed by atoms with E-state index in [1.165, 1.54) is 26.2 Å². The molecule has 0 spiro atoms. The zero-order valence-electron chi connectivity index (χ0n) is 15.4. The predicted molar refractivity (Wildman–Crippen MR) is 93.0 cm³/mol.